The van der Waals surface area contributed by atoms with E-state index in [1.165, 1.54) is 36.8 Å². The van der Waals surface area contributed by atoms with Crippen LogP contribution in [-0.4, -0.2) is 33.4 Å². The topological polar surface area (TPSA) is 85.6 Å². The molecule has 0 aliphatic heterocycles. The largest absolute Gasteiger partial charge is 0.465 e. The van der Waals surface area contributed by atoms with E-state index < -0.39 is 41.1 Å². The zero-order chi connectivity index (χ0) is 18.8. The van der Waals surface area contributed by atoms with Crippen LogP contribution < -0.4 is 5.32 Å². The van der Waals surface area contributed by atoms with Crippen LogP contribution in [0.1, 0.15) is 33.0 Å². The zero-order valence-corrected chi connectivity index (χ0v) is 13.2. The van der Waals surface area contributed by atoms with E-state index >= 15 is 0 Å². The highest BCUT2D eigenvalue weighted by molar-refractivity contribution is 6.05. The lowest BCUT2D eigenvalue weighted by atomic mass is 10.1. The number of hydrogen-bond acceptors (Lipinski definition) is 5. The van der Waals surface area contributed by atoms with Crippen molar-refractivity contribution in [1.82, 2.24) is 14.4 Å². The summed E-state index contributed by atoms with van der Waals surface area (Å²) >= 11 is 0. The van der Waals surface area contributed by atoms with E-state index in [9.17, 15) is 22.8 Å². The van der Waals surface area contributed by atoms with E-state index in [1.54, 1.807) is 0 Å². The highest BCUT2D eigenvalue weighted by Crippen LogP contribution is 2.25. The van der Waals surface area contributed by atoms with Gasteiger partial charge in [-0.05, 0) is 12.1 Å². The Morgan fingerprint density at radius 1 is 1.31 bits per heavy atom. The molecule has 10 heteroatoms. The molecular weight excluding hydrogens is 353 g/mol. The Balaban J connectivity index is 2.03. The van der Waals surface area contributed by atoms with Gasteiger partial charge in [-0.2, -0.15) is 0 Å². The summed E-state index contributed by atoms with van der Waals surface area (Å²) in [6, 6.07) is 3.67. The van der Waals surface area contributed by atoms with Crippen LogP contribution in [0.15, 0.2) is 36.8 Å². The molecule has 26 heavy (non-hydrogen) atoms. The first kappa shape index (κ1) is 17.4. The number of amides is 1. The number of carbonyl (C=O) groups is 2. The number of alkyl halides is 2. The van der Waals surface area contributed by atoms with Crippen LogP contribution in [0.25, 0.3) is 5.65 Å². The second kappa shape index (κ2) is 6.82. The maximum absolute atomic E-state index is 14.4. The fourth-order valence-corrected chi connectivity index (χ4v) is 2.38. The minimum Gasteiger partial charge on any atom is -0.465 e. The normalized spacial score (nSPS) is 11.0. The van der Waals surface area contributed by atoms with Crippen molar-refractivity contribution >= 4 is 23.2 Å². The fourth-order valence-electron chi connectivity index (χ4n) is 2.38. The van der Waals surface area contributed by atoms with Gasteiger partial charge in [-0.1, -0.05) is 6.07 Å². The summed E-state index contributed by atoms with van der Waals surface area (Å²) in [5, 5.41) is 2.18. The SMILES string of the molecule is COC(=O)c1cccc(NC(=O)c2c(C(F)F)nc3cnccn23)c1F. The molecule has 1 aromatic carbocycles. The van der Waals surface area contributed by atoms with Crippen molar-refractivity contribution in [1.29, 1.82) is 0 Å². The average molecular weight is 364 g/mol. The third-order valence-corrected chi connectivity index (χ3v) is 3.53. The number of halogens is 3. The number of hydrogen-bond donors (Lipinski definition) is 1. The number of fused-ring (bicyclic) bond motifs is 1. The van der Waals surface area contributed by atoms with Crippen molar-refractivity contribution in [2.75, 3.05) is 12.4 Å². The van der Waals surface area contributed by atoms with Gasteiger partial charge in [0.05, 0.1) is 24.6 Å². The number of methoxy groups -OCH3 is 1. The number of benzene rings is 1. The molecular formula is C16H11F3N4O3. The molecule has 0 saturated carbocycles. The summed E-state index contributed by atoms with van der Waals surface area (Å²) in [7, 11) is 1.08. The number of anilines is 1. The Kier molecular flexibility index (Phi) is 4.57. The van der Waals surface area contributed by atoms with Gasteiger partial charge in [0.15, 0.2) is 11.5 Å². The molecule has 3 aromatic rings. The molecule has 0 fully saturated rings. The minimum atomic E-state index is -3.03. The summed E-state index contributed by atoms with van der Waals surface area (Å²) < 4.78 is 46.4. The van der Waals surface area contributed by atoms with Crippen molar-refractivity contribution in [3.8, 4) is 0 Å². The maximum Gasteiger partial charge on any atom is 0.340 e. The third kappa shape index (κ3) is 2.96. The average Bonchev–Trinajstić information content (AvgIpc) is 3.03. The van der Waals surface area contributed by atoms with E-state index in [-0.39, 0.29) is 11.3 Å². The first-order valence-electron chi connectivity index (χ1n) is 7.22. The van der Waals surface area contributed by atoms with Gasteiger partial charge in [0.2, 0.25) is 0 Å². The summed E-state index contributed by atoms with van der Waals surface area (Å²) in [6.45, 7) is 0. The Hall–Kier alpha value is -3.43. The predicted molar refractivity (Wildman–Crippen MR) is 83.6 cm³/mol. The van der Waals surface area contributed by atoms with Gasteiger partial charge in [0.1, 0.15) is 11.4 Å². The second-order valence-electron chi connectivity index (χ2n) is 5.06. The molecule has 0 spiro atoms. The maximum atomic E-state index is 14.4. The van der Waals surface area contributed by atoms with Gasteiger partial charge in [-0.3, -0.25) is 14.2 Å². The summed E-state index contributed by atoms with van der Waals surface area (Å²) in [5.41, 5.74) is -1.94. The lowest BCUT2D eigenvalue weighted by Gasteiger charge is -2.09. The van der Waals surface area contributed by atoms with E-state index in [4.69, 9.17) is 0 Å². The van der Waals surface area contributed by atoms with Gasteiger partial charge in [0.25, 0.3) is 12.3 Å². The number of nitrogens with zero attached hydrogens (tertiary/aromatic N) is 3. The van der Waals surface area contributed by atoms with E-state index in [2.05, 4.69) is 20.0 Å². The van der Waals surface area contributed by atoms with Crippen molar-refractivity contribution < 1.29 is 27.5 Å². The minimum absolute atomic E-state index is 0.0386. The summed E-state index contributed by atoms with van der Waals surface area (Å²) in [5.74, 6) is -2.99. The fraction of sp³-hybridized carbons (Fsp3) is 0.125. The Morgan fingerprint density at radius 3 is 2.77 bits per heavy atom. The van der Waals surface area contributed by atoms with Crippen LogP contribution in [0, 0.1) is 5.82 Å². The van der Waals surface area contributed by atoms with Crippen molar-refractivity contribution in [2.45, 2.75) is 6.43 Å². The first-order valence-corrected chi connectivity index (χ1v) is 7.22. The van der Waals surface area contributed by atoms with Gasteiger partial charge >= 0.3 is 5.97 Å². The van der Waals surface area contributed by atoms with Gasteiger partial charge < -0.3 is 10.1 Å². The van der Waals surface area contributed by atoms with Gasteiger partial charge in [-0.25, -0.2) is 22.9 Å². The van der Waals surface area contributed by atoms with Crippen LogP contribution in [0.3, 0.4) is 0 Å². The predicted octanol–water partition coefficient (Wildman–Crippen LogP) is 2.84. The van der Waals surface area contributed by atoms with Crippen LogP contribution in [0.4, 0.5) is 18.9 Å². The molecule has 1 amide bonds. The Labute approximate surface area is 144 Å². The summed E-state index contributed by atoms with van der Waals surface area (Å²) in [6.07, 6.45) is 0.756. The number of carbonyl (C=O) groups excluding carboxylic acids is 2. The lowest BCUT2D eigenvalue weighted by molar-refractivity contribution is 0.0595. The smallest absolute Gasteiger partial charge is 0.340 e. The third-order valence-electron chi connectivity index (χ3n) is 3.53. The zero-order valence-electron chi connectivity index (χ0n) is 13.2. The Bertz CT molecular complexity index is 1000. The molecule has 2 heterocycles. The molecule has 3 rings (SSSR count). The van der Waals surface area contributed by atoms with Gasteiger partial charge in [0, 0.05) is 12.4 Å². The van der Waals surface area contributed by atoms with E-state index in [1.807, 2.05) is 0 Å². The standard InChI is InChI=1S/C16H11F3N4O3/c1-26-16(25)8-3-2-4-9(11(8)17)21-15(24)13-12(14(18)19)22-10-7-20-5-6-23(10)13/h2-7,14H,1H3,(H,21,24). The molecule has 0 radical (unpaired) electrons. The summed E-state index contributed by atoms with van der Waals surface area (Å²) in [4.78, 5) is 31.5. The number of imidazole rings is 1. The van der Waals surface area contributed by atoms with Crippen molar-refractivity contribution in [2.24, 2.45) is 0 Å². The molecule has 0 unspecified atom stereocenters. The molecule has 0 saturated heterocycles. The molecule has 2 aromatic heterocycles. The highest BCUT2D eigenvalue weighted by atomic mass is 19.3. The number of ether oxygens (including phenoxy) is 1. The molecule has 0 atom stereocenters. The quantitative estimate of drug-likeness (QED) is 0.720. The van der Waals surface area contributed by atoms with Crippen LogP contribution in [0.5, 0.6) is 0 Å². The highest BCUT2D eigenvalue weighted by Gasteiger charge is 2.26. The van der Waals surface area contributed by atoms with Crippen LogP contribution >= 0.6 is 0 Å². The second-order valence-corrected chi connectivity index (χ2v) is 5.06. The Morgan fingerprint density at radius 2 is 2.08 bits per heavy atom. The molecule has 1 N–H and O–H groups in total. The number of rotatable bonds is 4. The molecule has 0 bridgehead atoms. The van der Waals surface area contributed by atoms with Crippen molar-refractivity contribution in [3.63, 3.8) is 0 Å². The van der Waals surface area contributed by atoms with Gasteiger partial charge in [-0.15, -0.1) is 0 Å². The first-order chi connectivity index (χ1) is 12.4. The lowest BCUT2D eigenvalue weighted by Crippen LogP contribution is -2.18. The molecule has 7 nitrogen and oxygen atoms in total. The number of nitrogens with one attached hydrogen (secondary N) is 1. The van der Waals surface area contributed by atoms with Crippen molar-refractivity contribution in [3.05, 3.63) is 59.6 Å². The van der Waals surface area contributed by atoms with E-state index in [0.29, 0.717) is 0 Å². The van der Waals surface area contributed by atoms with Crippen LogP contribution in [0.2, 0.25) is 0 Å². The molecule has 134 valence electrons. The number of aromatic nitrogens is 3. The molecule has 0 aliphatic rings. The number of esters is 1. The molecule has 0 aliphatic carbocycles. The monoisotopic (exact) mass is 364 g/mol. The van der Waals surface area contributed by atoms with E-state index in [0.717, 1.165) is 11.5 Å². The van der Waals surface area contributed by atoms with Crippen LogP contribution in [-0.2, 0) is 4.74 Å².